The molecular weight excluding hydrogens is 448 g/mol. The van der Waals surface area contributed by atoms with Gasteiger partial charge >= 0.3 is 0 Å². The summed E-state index contributed by atoms with van der Waals surface area (Å²) in [4.78, 5) is 12.5. The first kappa shape index (κ1) is 24.8. The first-order valence-electron chi connectivity index (χ1n) is 13.5. The van der Waals surface area contributed by atoms with Crippen LogP contribution in [0.25, 0.3) is 10.9 Å². The van der Waals surface area contributed by atoms with E-state index in [1.54, 1.807) is 14.2 Å². The molecule has 0 spiro atoms. The molecule has 0 bridgehead atoms. The average Bonchev–Trinajstić information content (AvgIpc) is 2.94. The van der Waals surface area contributed by atoms with Gasteiger partial charge in [0, 0.05) is 62.6 Å². The molecule has 2 aliphatic rings. The van der Waals surface area contributed by atoms with Crippen molar-refractivity contribution < 1.29 is 9.47 Å². The van der Waals surface area contributed by atoms with Crippen LogP contribution in [0.5, 0.6) is 11.5 Å². The van der Waals surface area contributed by atoms with Gasteiger partial charge in [0.1, 0.15) is 17.0 Å². The van der Waals surface area contributed by atoms with Crippen molar-refractivity contribution in [2.75, 3.05) is 64.9 Å². The molecule has 1 atom stereocenters. The van der Waals surface area contributed by atoms with Crippen molar-refractivity contribution >= 4 is 16.6 Å². The number of rotatable bonds is 9. The predicted octanol–water partition coefficient (Wildman–Crippen LogP) is 4.64. The minimum Gasteiger partial charge on any atom is -0.497 e. The Bertz CT molecular complexity index is 1160. The minimum absolute atomic E-state index is 0.629. The van der Waals surface area contributed by atoms with Crippen LogP contribution in [0.15, 0.2) is 48.7 Å². The maximum atomic E-state index is 5.54. The zero-order chi connectivity index (χ0) is 24.9. The molecule has 1 saturated heterocycles. The summed E-state index contributed by atoms with van der Waals surface area (Å²) in [6.45, 7) is 10.0. The number of ether oxygens (including phenoxy) is 2. The lowest BCUT2D eigenvalue weighted by Crippen LogP contribution is -2.50. The number of methoxy groups -OCH3 is 2. The van der Waals surface area contributed by atoms with Crippen molar-refractivity contribution in [3.8, 4) is 11.5 Å². The van der Waals surface area contributed by atoms with Gasteiger partial charge in [-0.05, 0) is 67.6 Å². The number of hydrogen-bond acceptors (Lipinski definition) is 6. The van der Waals surface area contributed by atoms with Crippen LogP contribution in [-0.2, 0) is 12.8 Å². The lowest BCUT2D eigenvalue weighted by Gasteiger charge is -2.39. The molecule has 1 fully saturated rings. The standard InChI is InChI=1S/C30H40N4O2/c1-4-14-33(25-10-8-23-9-11-26(35-2)22-24(23)21-25)18-15-32-16-19-34(20-17-32)28-12-13-31-30-27(28)6-5-7-29(30)36-3/h5-7,9,11-13,22,25H,4,8,10,14-21H2,1-3H3/t25-/m1/s1. The smallest absolute Gasteiger partial charge is 0.145 e. The molecule has 0 radical (unpaired) electrons. The summed E-state index contributed by atoms with van der Waals surface area (Å²) in [7, 11) is 3.48. The third-order valence-electron chi connectivity index (χ3n) is 7.99. The van der Waals surface area contributed by atoms with Gasteiger partial charge in [-0.2, -0.15) is 0 Å². The number of para-hydroxylation sites is 1. The molecule has 1 aliphatic heterocycles. The van der Waals surface area contributed by atoms with Crippen LogP contribution < -0.4 is 14.4 Å². The quantitative estimate of drug-likeness (QED) is 0.437. The summed E-state index contributed by atoms with van der Waals surface area (Å²) < 4.78 is 11.0. The van der Waals surface area contributed by atoms with Crippen LogP contribution in [0.2, 0.25) is 0 Å². The number of aryl methyl sites for hydroxylation is 1. The number of pyridine rings is 1. The van der Waals surface area contributed by atoms with Gasteiger partial charge in [-0.25, -0.2) is 0 Å². The number of anilines is 1. The van der Waals surface area contributed by atoms with Crippen molar-refractivity contribution in [2.45, 2.75) is 38.6 Å². The van der Waals surface area contributed by atoms with Gasteiger partial charge in [-0.3, -0.25) is 14.8 Å². The maximum Gasteiger partial charge on any atom is 0.145 e. The third kappa shape index (κ3) is 5.30. The molecule has 2 heterocycles. The topological polar surface area (TPSA) is 41.1 Å². The number of piperazine rings is 1. The molecular formula is C30H40N4O2. The van der Waals surface area contributed by atoms with Gasteiger partial charge in [0.05, 0.1) is 14.2 Å². The lowest BCUT2D eigenvalue weighted by atomic mass is 9.87. The van der Waals surface area contributed by atoms with E-state index in [1.165, 1.54) is 48.0 Å². The van der Waals surface area contributed by atoms with E-state index in [9.17, 15) is 0 Å². The van der Waals surface area contributed by atoms with Crippen molar-refractivity contribution in [2.24, 2.45) is 0 Å². The Labute approximate surface area is 215 Å². The van der Waals surface area contributed by atoms with Crippen LogP contribution >= 0.6 is 0 Å². The minimum atomic E-state index is 0.629. The average molecular weight is 489 g/mol. The van der Waals surface area contributed by atoms with E-state index in [0.29, 0.717) is 6.04 Å². The normalized spacial score (nSPS) is 18.4. The molecule has 0 amide bonds. The van der Waals surface area contributed by atoms with Crippen molar-refractivity contribution in [3.05, 3.63) is 59.8 Å². The monoisotopic (exact) mass is 488 g/mol. The van der Waals surface area contributed by atoms with E-state index in [4.69, 9.17) is 9.47 Å². The Morgan fingerprint density at radius 2 is 1.83 bits per heavy atom. The molecule has 0 N–H and O–H groups in total. The number of aromatic nitrogens is 1. The fourth-order valence-electron chi connectivity index (χ4n) is 5.97. The van der Waals surface area contributed by atoms with E-state index < -0.39 is 0 Å². The molecule has 6 nitrogen and oxygen atoms in total. The second kappa shape index (κ2) is 11.5. The summed E-state index contributed by atoms with van der Waals surface area (Å²) >= 11 is 0. The third-order valence-corrected chi connectivity index (χ3v) is 7.99. The lowest BCUT2D eigenvalue weighted by molar-refractivity contribution is 0.145. The van der Waals surface area contributed by atoms with Gasteiger partial charge in [0.15, 0.2) is 0 Å². The number of hydrogen-bond donors (Lipinski definition) is 0. The molecule has 0 unspecified atom stereocenters. The van der Waals surface area contributed by atoms with E-state index in [-0.39, 0.29) is 0 Å². The second-order valence-corrected chi connectivity index (χ2v) is 10.1. The van der Waals surface area contributed by atoms with Gasteiger partial charge < -0.3 is 14.4 Å². The van der Waals surface area contributed by atoms with Gasteiger partial charge in [-0.1, -0.05) is 25.1 Å². The summed E-state index contributed by atoms with van der Waals surface area (Å²) in [6.07, 6.45) is 6.68. The molecule has 5 rings (SSSR count). The largest absolute Gasteiger partial charge is 0.497 e. The Balaban J connectivity index is 1.18. The van der Waals surface area contributed by atoms with Gasteiger partial charge in [-0.15, -0.1) is 0 Å². The Morgan fingerprint density at radius 1 is 0.972 bits per heavy atom. The van der Waals surface area contributed by atoms with Crippen molar-refractivity contribution in [1.29, 1.82) is 0 Å². The highest BCUT2D eigenvalue weighted by Crippen LogP contribution is 2.32. The molecule has 2 aromatic carbocycles. The number of fused-ring (bicyclic) bond motifs is 2. The molecule has 192 valence electrons. The second-order valence-electron chi connectivity index (χ2n) is 10.1. The highest BCUT2D eigenvalue weighted by molar-refractivity contribution is 5.95. The Hall–Kier alpha value is -2.83. The highest BCUT2D eigenvalue weighted by atomic mass is 16.5. The molecule has 1 aliphatic carbocycles. The van der Waals surface area contributed by atoms with E-state index in [0.717, 1.165) is 62.7 Å². The van der Waals surface area contributed by atoms with E-state index in [2.05, 4.69) is 63.0 Å². The predicted molar refractivity (Wildman–Crippen MR) is 148 cm³/mol. The summed E-state index contributed by atoms with van der Waals surface area (Å²) in [5.74, 6) is 1.82. The van der Waals surface area contributed by atoms with Gasteiger partial charge in [0.25, 0.3) is 0 Å². The first-order chi connectivity index (χ1) is 17.7. The van der Waals surface area contributed by atoms with Gasteiger partial charge in [0.2, 0.25) is 0 Å². The van der Waals surface area contributed by atoms with Crippen LogP contribution in [0.4, 0.5) is 5.69 Å². The van der Waals surface area contributed by atoms with Crippen molar-refractivity contribution in [3.63, 3.8) is 0 Å². The highest BCUT2D eigenvalue weighted by Gasteiger charge is 2.26. The molecule has 36 heavy (non-hydrogen) atoms. The molecule has 0 saturated carbocycles. The Kier molecular flexibility index (Phi) is 7.93. The fraction of sp³-hybridized carbons (Fsp3) is 0.500. The van der Waals surface area contributed by atoms with E-state index >= 15 is 0 Å². The fourth-order valence-corrected chi connectivity index (χ4v) is 5.97. The van der Waals surface area contributed by atoms with Crippen molar-refractivity contribution in [1.82, 2.24) is 14.8 Å². The number of benzene rings is 2. The summed E-state index contributed by atoms with van der Waals surface area (Å²) in [6, 6.07) is 15.6. The van der Waals surface area contributed by atoms with Crippen LogP contribution in [0, 0.1) is 0 Å². The summed E-state index contributed by atoms with van der Waals surface area (Å²) in [5.41, 5.74) is 5.19. The number of nitrogens with zero attached hydrogens (tertiary/aromatic N) is 4. The Morgan fingerprint density at radius 3 is 2.61 bits per heavy atom. The molecule has 3 aromatic rings. The molecule has 1 aromatic heterocycles. The van der Waals surface area contributed by atoms with E-state index in [1.807, 2.05) is 12.3 Å². The SMILES string of the molecule is CCCN(CCN1CCN(c2ccnc3c(OC)cccc23)CC1)[C@@H]1CCc2ccc(OC)cc2C1. The summed E-state index contributed by atoms with van der Waals surface area (Å²) in [5, 5.41) is 1.17. The first-order valence-corrected chi connectivity index (χ1v) is 13.5. The molecule has 6 heteroatoms. The van der Waals surface area contributed by atoms with Crippen LogP contribution in [-0.4, -0.2) is 80.9 Å². The zero-order valence-electron chi connectivity index (χ0n) is 22.1. The van der Waals surface area contributed by atoms with Crippen LogP contribution in [0.1, 0.15) is 30.9 Å². The zero-order valence-corrected chi connectivity index (χ0v) is 22.1. The maximum absolute atomic E-state index is 5.54. The van der Waals surface area contributed by atoms with Crippen LogP contribution in [0.3, 0.4) is 0 Å².